The van der Waals surface area contributed by atoms with E-state index in [-0.39, 0.29) is 19.0 Å². The van der Waals surface area contributed by atoms with Crippen LogP contribution in [0.1, 0.15) is 18.3 Å². The quantitative estimate of drug-likeness (QED) is 0.784. The molecule has 0 aliphatic heterocycles. The summed E-state index contributed by atoms with van der Waals surface area (Å²) in [4.78, 5) is 13.5. The summed E-state index contributed by atoms with van der Waals surface area (Å²) in [5.41, 5.74) is -0.337. The van der Waals surface area contributed by atoms with E-state index in [2.05, 4.69) is 26.1 Å². The summed E-state index contributed by atoms with van der Waals surface area (Å²) in [6, 6.07) is 0.840. The first-order valence-corrected chi connectivity index (χ1v) is 7.56. The van der Waals surface area contributed by atoms with Crippen molar-refractivity contribution in [3.63, 3.8) is 0 Å². The fraction of sp³-hybridized carbons (Fsp3) is 0.462. The van der Waals surface area contributed by atoms with Crippen molar-refractivity contribution in [2.75, 3.05) is 7.05 Å². The third-order valence-electron chi connectivity index (χ3n) is 3.15. The molecule has 2 aromatic heterocycles. The van der Waals surface area contributed by atoms with Crippen molar-refractivity contribution in [2.45, 2.75) is 32.7 Å². The lowest BCUT2D eigenvalue weighted by Gasteiger charge is -2.16. The van der Waals surface area contributed by atoms with Gasteiger partial charge in [-0.25, -0.2) is 0 Å². The number of hydrogen-bond acceptors (Lipinski definition) is 3. The van der Waals surface area contributed by atoms with Gasteiger partial charge in [-0.05, 0) is 28.9 Å². The van der Waals surface area contributed by atoms with E-state index in [1.54, 1.807) is 17.9 Å². The van der Waals surface area contributed by atoms with E-state index in [0.29, 0.717) is 12.2 Å². The van der Waals surface area contributed by atoms with Gasteiger partial charge in [-0.15, -0.1) is 0 Å². The molecule has 0 atom stereocenters. The predicted octanol–water partition coefficient (Wildman–Crippen LogP) is 2.54. The number of halogens is 4. The molecule has 0 N–H and O–H groups in total. The maximum absolute atomic E-state index is 12.5. The van der Waals surface area contributed by atoms with Gasteiger partial charge < -0.3 is 4.90 Å². The van der Waals surface area contributed by atoms with Gasteiger partial charge in [0.15, 0.2) is 5.69 Å². The van der Waals surface area contributed by atoms with Gasteiger partial charge in [0.05, 0.1) is 16.7 Å². The Bertz CT molecular complexity index is 694. The van der Waals surface area contributed by atoms with E-state index >= 15 is 0 Å². The summed E-state index contributed by atoms with van der Waals surface area (Å²) in [7, 11) is 1.56. The van der Waals surface area contributed by atoms with Crippen molar-refractivity contribution >= 4 is 21.8 Å². The molecule has 0 radical (unpaired) electrons. The molecule has 10 heteroatoms. The Morgan fingerprint density at radius 2 is 2.04 bits per heavy atom. The second-order valence-corrected chi connectivity index (χ2v) is 5.78. The summed E-state index contributed by atoms with van der Waals surface area (Å²) in [5, 5.41) is 7.66. The summed E-state index contributed by atoms with van der Waals surface area (Å²) in [6.45, 7) is 2.62. The third kappa shape index (κ3) is 4.34. The van der Waals surface area contributed by atoms with Crippen molar-refractivity contribution < 1.29 is 18.0 Å². The average Bonchev–Trinajstić information content (AvgIpc) is 3.06. The number of amides is 1. The number of likely N-dealkylation sites (N-methyl/N-ethyl adjacent to an activating group) is 1. The van der Waals surface area contributed by atoms with Gasteiger partial charge in [0.2, 0.25) is 5.91 Å². The molecule has 2 aromatic rings. The molecule has 23 heavy (non-hydrogen) atoms. The van der Waals surface area contributed by atoms with Crippen LogP contribution < -0.4 is 0 Å². The fourth-order valence-corrected chi connectivity index (χ4v) is 2.32. The smallest absolute Gasteiger partial charge is 0.338 e. The highest BCUT2D eigenvalue weighted by atomic mass is 79.9. The third-order valence-corrected chi connectivity index (χ3v) is 3.81. The van der Waals surface area contributed by atoms with E-state index in [1.165, 1.54) is 4.90 Å². The minimum atomic E-state index is -4.52. The van der Waals surface area contributed by atoms with Gasteiger partial charge in [0.1, 0.15) is 6.54 Å². The van der Waals surface area contributed by atoms with Gasteiger partial charge in [0.25, 0.3) is 0 Å². The highest BCUT2D eigenvalue weighted by Crippen LogP contribution is 2.27. The molecule has 0 aromatic carbocycles. The highest BCUT2D eigenvalue weighted by molar-refractivity contribution is 9.10. The van der Waals surface area contributed by atoms with E-state index in [4.69, 9.17) is 0 Å². The zero-order chi connectivity index (χ0) is 17.2. The average molecular weight is 394 g/mol. The zero-order valence-electron chi connectivity index (χ0n) is 12.5. The van der Waals surface area contributed by atoms with Gasteiger partial charge >= 0.3 is 6.18 Å². The Balaban J connectivity index is 1.99. The number of alkyl halides is 3. The van der Waals surface area contributed by atoms with E-state index in [1.807, 2.05) is 6.92 Å². The highest BCUT2D eigenvalue weighted by Gasteiger charge is 2.33. The number of rotatable bonds is 5. The summed E-state index contributed by atoms with van der Waals surface area (Å²) in [5.74, 6) is -0.361. The minimum Gasteiger partial charge on any atom is -0.338 e. The fourth-order valence-electron chi connectivity index (χ4n) is 1.88. The molecular weight excluding hydrogens is 379 g/mol. The van der Waals surface area contributed by atoms with Crippen molar-refractivity contribution in [1.29, 1.82) is 0 Å². The molecule has 6 nitrogen and oxygen atoms in total. The maximum Gasteiger partial charge on any atom is 0.435 e. The molecule has 1 amide bonds. The van der Waals surface area contributed by atoms with Gasteiger partial charge in [-0.1, -0.05) is 0 Å². The molecule has 0 aliphatic carbocycles. The lowest BCUT2D eigenvalue weighted by molar-refractivity contribution is -0.142. The van der Waals surface area contributed by atoms with Crippen LogP contribution in [0.2, 0.25) is 0 Å². The molecule has 0 fully saturated rings. The molecular formula is C13H15BrF3N5O. The largest absolute Gasteiger partial charge is 0.435 e. The Hall–Kier alpha value is -1.84. The molecule has 0 bridgehead atoms. The summed E-state index contributed by atoms with van der Waals surface area (Å²) < 4.78 is 40.9. The number of aryl methyl sites for hydroxylation is 1. The van der Waals surface area contributed by atoms with Gasteiger partial charge in [0, 0.05) is 26.0 Å². The van der Waals surface area contributed by atoms with Crippen LogP contribution >= 0.6 is 15.9 Å². The number of nitrogens with zero attached hydrogens (tertiary/aromatic N) is 5. The second-order valence-electron chi connectivity index (χ2n) is 4.93. The van der Waals surface area contributed by atoms with Crippen molar-refractivity contribution in [1.82, 2.24) is 24.5 Å². The lowest BCUT2D eigenvalue weighted by Crippen LogP contribution is -2.30. The Labute approximate surface area is 139 Å². The Morgan fingerprint density at radius 3 is 2.57 bits per heavy atom. The van der Waals surface area contributed by atoms with Crippen molar-refractivity contribution in [3.05, 3.63) is 34.3 Å². The molecule has 0 unspecified atom stereocenters. The van der Waals surface area contributed by atoms with Crippen LogP contribution in [0.3, 0.4) is 0 Å². The van der Waals surface area contributed by atoms with Crippen LogP contribution in [0.4, 0.5) is 13.2 Å². The number of aromatic nitrogens is 4. The maximum atomic E-state index is 12.5. The molecule has 126 valence electrons. The van der Waals surface area contributed by atoms with Crippen molar-refractivity contribution in [2.24, 2.45) is 0 Å². The Morgan fingerprint density at radius 1 is 1.35 bits per heavy atom. The SMILES string of the molecule is CCn1cc(Br)c(CN(C)C(=O)Cn2ccc(C(F)(F)F)n2)n1. The van der Waals surface area contributed by atoms with Crippen LogP contribution in [0.15, 0.2) is 22.9 Å². The summed E-state index contributed by atoms with van der Waals surface area (Å²) >= 11 is 3.36. The standard InChI is InChI=1S/C13H15BrF3N5O/c1-3-21-6-9(14)10(18-21)7-20(2)12(23)8-22-5-4-11(19-22)13(15,16)17/h4-6H,3,7-8H2,1-2H3. The van der Waals surface area contributed by atoms with E-state index < -0.39 is 11.9 Å². The van der Waals surface area contributed by atoms with Crippen LogP contribution in [0, 0.1) is 0 Å². The molecule has 2 rings (SSSR count). The van der Waals surface area contributed by atoms with Gasteiger partial charge in [-0.2, -0.15) is 23.4 Å². The van der Waals surface area contributed by atoms with Crippen LogP contribution in [-0.2, 0) is 30.6 Å². The van der Waals surface area contributed by atoms with Crippen LogP contribution in [0.25, 0.3) is 0 Å². The minimum absolute atomic E-state index is 0.250. The van der Waals surface area contributed by atoms with Crippen molar-refractivity contribution in [3.8, 4) is 0 Å². The zero-order valence-corrected chi connectivity index (χ0v) is 14.1. The molecule has 0 saturated carbocycles. The Kier molecular flexibility index (Phi) is 5.12. The first kappa shape index (κ1) is 17.5. The molecule has 0 spiro atoms. The van der Waals surface area contributed by atoms with Crippen LogP contribution in [0.5, 0.6) is 0 Å². The normalized spacial score (nSPS) is 11.7. The first-order chi connectivity index (χ1) is 10.7. The first-order valence-electron chi connectivity index (χ1n) is 6.77. The topological polar surface area (TPSA) is 56.0 Å². The van der Waals surface area contributed by atoms with Gasteiger partial charge in [-0.3, -0.25) is 14.2 Å². The number of hydrogen-bond donors (Lipinski definition) is 0. The monoisotopic (exact) mass is 393 g/mol. The number of carbonyl (C=O) groups is 1. The molecule has 2 heterocycles. The molecule has 0 aliphatic rings. The molecule has 0 saturated heterocycles. The van der Waals surface area contributed by atoms with Crippen LogP contribution in [-0.4, -0.2) is 37.4 Å². The lowest BCUT2D eigenvalue weighted by atomic mass is 10.4. The summed E-state index contributed by atoms with van der Waals surface area (Å²) in [6.07, 6.45) is -1.58. The second kappa shape index (κ2) is 6.73. The van der Waals surface area contributed by atoms with E-state index in [0.717, 1.165) is 21.4 Å². The van der Waals surface area contributed by atoms with E-state index in [9.17, 15) is 18.0 Å². The number of carbonyl (C=O) groups excluding carboxylic acids is 1. The predicted molar refractivity (Wildman–Crippen MR) is 79.3 cm³/mol.